The molecule has 6 nitrogen and oxygen atoms in total. The molecular formula is C27H22ClF4NO5S. The number of fused-ring (bicyclic) bond motifs is 1. The highest BCUT2D eigenvalue weighted by atomic mass is 35.5. The summed E-state index contributed by atoms with van der Waals surface area (Å²) in [6.45, 7) is 1.30. The molecule has 39 heavy (non-hydrogen) atoms. The summed E-state index contributed by atoms with van der Waals surface area (Å²) in [5, 5.41) is 9.25. The minimum atomic E-state index is -4.76. The Morgan fingerprint density at radius 3 is 2.54 bits per heavy atom. The second kappa shape index (κ2) is 10.9. The van der Waals surface area contributed by atoms with Crippen LogP contribution in [0.4, 0.5) is 23.2 Å². The van der Waals surface area contributed by atoms with Crippen molar-refractivity contribution >= 4 is 44.9 Å². The van der Waals surface area contributed by atoms with Gasteiger partial charge in [0.1, 0.15) is 17.7 Å². The van der Waals surface area contributed by atoms with Crippen molar-refractivity contribution in [1.82, 2.24) is 0 Å². The Morgan fingerprint density at radius 1 is 1.15 bits per heavy atom. The second-order valence-corrected chi connectivity index (χ2v) is 11.2. The first-order valence-electron chi connectivity index (χ1n) is 11.6. The molecule has 0 spiro atoms. The van der Waals surface area contributed by atoms with Gasteiger partial charge in [0.05, 0.1) is 27.7 Å². The van der Waals surface area contributed by atoms with Crippen molar-refractivity contribution < 1.29 is 40.6 Å². The zero-order valence-electron chi connectivity index (χ0n) is 20.4. The first-order valence-corrected chi connectivity index (χ1v) is 13.4. The van der Waals surface area contributed by atoms with Gasteiger partial charge in [0.2, 0.25) is 0 Å². The maximum Gasteiger partial charge on any atom is 0.416 e. The van der Waals surface area contributed by atoms with E-state index in [1.807, 2.05) is 0 Å². The molecule has 0 saturated heterocycles. The van der Waals surface area contributed by atoms with Crippen LogP contribution in [-0.2, 0) is 21.0 Å². The first kappa shape index (κ1) is 28.4. The Hall–Kier alpha value is -3.57. The lowest BCUT2D eigenvalue weighted by molar-refractivity contribution is -0.138. The van der Waals surface area contributed by atoms with E-state index in [-0.39, 0.29) is 41.4 Å². The van der Waals surface area contributed by atoms with E-state index in [0.29, 0.717) is 17.2 Å². The van der Waals surface area contributed by atoms with E-state index < -0.39 is 44.5 Å². The van der Waals surface area contributed by atoms with Crippen molar-refractivity contribution in [2.45, 2.75) is 36.9 Å². The number of anilines is 1. The van der Waals surface area contributed by atoms with Crippen molar-refractivity contribution in [2.24, 2.45) is 0 Å². The molecule has 4 rings (SSSR count). The molecule has 0 aliphatic carbocycles. The van der Waals surface area contributed by atoms with Gasteiger partial charge in [0.15, 0.2) is 0 Å². The molecule has 0 amide bonds. The Balaban J connectivity index is 1.80. The summed E-state index contributed by atoms with van der Waals surface area (Å²) in [4.78, 5) is 10.5. The molecule has 0 aromatic heterocycles. The lowest BCUT2D eigenvalue weighted by atomic mass is 10.0. The fourth-order valence-electron chi connectivity index (χ4n) is 4.24. The van der Waals surface area contributed by atoms with Crippen LogP contribution in [0.15, 0.2) is 65.6 Å². The number of alkyl halides is 3. The Morgan fingerprint density at radius 2 is 1.87 bits per heavy atom. The number of benzene rings is 3. The molecule has 3 aromatic rings. The molecule has 1 aliphatic heterocycles. The van der Waals surface area contributed by atoms with Crippen LogP contribution in [0.5, 0.6) is 5.75 Å². The van der Waals surface area contributed by atoms with Crippen molar-refractivity contribution in [2.75, 3.05) is 10.8 Å². The van der Waals surface area contributed by atoms with Crippen LogP contribution >= 0.6 is 11.6 Å². The van der Waals surface area contributed by atoms with Gasteiger partial charge in [-0.3, -0.25) is 9.10 Å². The standard InChI is InChI=1S/C27H22ClF4NO5S/c1-16(26-21(28)6-3-7-22(26)29)12-17-8-10-24-23(13-17)33(15-19(38-24)9-11-25(34)35)39(36,37)20-5-2-4-18(14-20)27(30,31)32/h2-8,10,12-14,19H,9,11,15H2,1H3,(H,34,35)/b16-12+/t19-/m0/s1. The van der Waals surface area contributed by atoms with Crippen molar-refractivity contribution in [3.63, 3.8) is 0 Å². The fourth-order valence-corrected chi connectivity index (χ4v) is 6.10. The van der Waals surface area contributed by atoms with Crippen LogP contribution in [0.1, 0.15) is 36.5 Å². The largest absolute Gasteiger partial charge is 0.486 e. The number of nitrogens with zero attached hydrogens (tertiary/aromatic N) is 1. The van der Waals surface area contributed by atoms with Gasteiger partial charge >= 0.3 is 12.1 Å². The third-order valence-electron chi connectivity index (χ3n) is 6.08. The lowest BCUT2D eigenvalue weighted by Gasteiger charge is -2.35. The average molecular weight is 584 g/mol. The number of carboxylic acids is 1. The predicted molar refractivity (Wildman–Crippen MR) is 139 cm³/mol. The summed E-state index contributed by atoms with van der Waals surface area (Å²) in [5.74, 6) is -1.56. The van der Waals surface area contributed by atoms with E-state index in [0.717, 1.165) is 22.5 Å². The van der Waals surface area contributed by atoms with Crippen molar-refractivity contribution in [3.8, 4) is 5.75 Å². The number of carboxylic acid groups (broad SMARTS) is 1. The van der Waals surface area contributed by atoms with Gasteiger partial charge in [0.25, 0.3) is 10.0 Å². The van der Waals surface area contributed by atoms with Crippen molar-refractivity contribution in [1.29, 1.82) is 0 Å². The fraction of sp³-hybridized carbons (Fsp3) is 0.222. The summed E-state index contributed by atoms with van der Waals surface area (Å²) < 4.78 is 88.5. The topological polar surface area (TPSA) is 83.9 Å². The number of hydrogen-bond donors (Lipinski definition) is 1. The van der Waals surface area contributed by atoms with E-state index in [1.54, 1.807) is 19.1 Å². The Kier molecular flexibility index (Phi) is 7.94. The number of allylic oxidation sites excluding steroid dienone is 1. The molecule has 1 atom stereocenters. The molecule has 0 radical (unpaired) electrons. The van der Waals surface area contributed by atoms with Gasteiger partial charge in [-0.25, -0.2) is 12.8 Å². The third-order valence-corrected chi connectivity index (χ3v) is 8.18. The van der Waals surface area contributed by atoms with Crippen LogP contribution < -0.4 is 9.04 Å². The lowest BCUT2D eigenvalue weighted by Crippen LogP contribution is -2.43. The van der Waals surface area contributed by atoms with E-state index in [1.165, 1.54) is 30.3 Å². The van der Waals surface area contributed by atoms with Crippen LogP contribution in [-0.4, -0.2) is 32.1 Å². The number of carbonyl (C=O) groups is 1. The molecule has 1 heterocycles. The van der Waals surface area contributed by atoms with Gasteiger partial charge in [-0.1, -0.05) is 35.9 Å². The molecule has 3 aromatic carbocycles. The maximum atomic E-state index is 14.4. The van der Waals surface area contributed by atoms with Crippen LogP contribution in [0.3, 0.4) is 0 Å². The average Bonchev–Trinajstić information content (AvgIpc) is 2.86. The molecule has 1 aliphatic rings. The summed E-state index contributed by atoms with van der Waals surface area (Å²) >= 11 is 6.16. The molecule has 0 saturated carbocycles. The molecule has 12 heteroatoms. The maximum absolute atomic E-state index is 14.4. The summed E-state index contributed by atoms with van der Waals surface area (Å²) in [7, 11) is -4.54. The second-order valence-electron chi connectivity index (χ2n) is 8.89. The van der Waals surface area contributed by atoms with E-state index in [2.05, 4.69) is 0 Å². The Bertz CT molecular complexity index is 1540. The minimum Gasteiger partial charge on any atom is -0.486 e. The number of rotatable bonds is 7. The molecule has 1 N–H and O–H groups in total. The van der Waals surface area contributed by atoms with Gasteiger partial charge < -0.3 is 9.84 Å². The van der Waals surface area contributed by atoms with Gasteiger partial charge in [0, 0.05) is 12.0 Å². The molecule has 0 unspecified atom stereocenters. The smallest absolute Gasteiger partial charge is 0.416 e. The zero-order valence-corrected chi connectivity index (χ0v) is 21.9. The first-order chi connectivity index (χ1) is 18.3. The van der Waals surface area contributed by atoms with E-state index >= 15 is 0 Å². The van der Waals surface area contributed by atoms with E-state index in [4.69, 9.17) is 21.4 Å². The molecular weight excluding hydrogens is 562 g/mol. The number of halogens is 5. The number of sulfonamides is 1. The van der Waals surface area contributed by atoms with E-state index in [9.17, 15) is 30.8 Å². The number of hydrogen-bond acceptors (Lipinski definition) is 4. The monoisotopic (exact) mass is 583 g/mol. The normalized spacial score (nSPS) is 16.0. The third kappa shape index (κ3) is 6.20. The molecule has 0 fully saturated rings. The van der Waals surface area contributed by atoms with Gasteiger partial charge in [-0.15, -0.1) is 0 Å². The SMILES string of the molecule is C/C(=C\c1ccc2c(c1)N(S(=O)(=O)c1cccc(C(F)(F)F)c1)C[C@H](CCC(=O)O)O2)c1c(F)cccc1Cl. The predicted octanol–water partition coefficient (Wildman–Crippen LogP) is 6.88. The number of ether oxygens (including phenoxy) is 1. The highest BCUT2D eigenvalue weighted by Gasteiger charge is 2.37. The highest BCUT2D eigenvalue weighted by molar-refractivity contribution is 7.92. The van der Waals surface area contributed by atoms with Crippen LogP contribution in [0.2, 0.25) is 5.02 Å². The van der Waals surface area contributed by atoms with Gasteiger partial charge in [-0.05, 0) is 66.9 Å². The van der Waals surface area contributed by atoms with Crippen molar-refractivity contribution in [3.05, 3.63) is 88.2 Å². The highest BCUT2D eigenvalue weighted by Crippen LogP contribution is 2.40. The van der Waals surface area contributed by atoms with Crippen LogP contribution in [0.25, 0.3) is 11.6 Å². The molecule has 0 bridgehead atoms. The van der Waals surface area contributed by atoms with Crippen LogP contribution in [0, 0.1) is 5.82 Å². The summed E-state index contributed by atoms with van der Waals surface area (Å²) in [5.41, 5.74) is -0.0344. The Labute approximate surface area is 227 Å². The molecule has 206 valence electrons. The minimum absolute atomic E-state index is 0.0318. The quantitative estimate of drug-likeness (QED) is 0.242. The summed E-state index contributed by atoms with van der Waals surface area (Å²) in [6, 6.07) is 12.1. The summed E-state index contributed by atoms with van der Waals surface area (Å²) in [6.07, 6.45) is -4.39. The zero-order chi connectivity index (χ0) is 28.5. The van der Waals surface area contributed by atoms with Gasteiger partial charge in [-0.2, -0.15) is 13.2 Å². The number of aliphatic carboxylic acids is 1.